The average molecular weight is 435 g/mol. The number of phenols is 1. The highest BCUT2D eigenvalue weighted by atomic mass is 32.2. The van der Waals surface area contributed by atoms with E-state index >= 15 is 0 Å². The van der Waals surface area contributed by atoms with E-state index in [1.165, 1.54) is 11.1 Å². The topological polar surface area (TPSA) is 52.6 Å². The molecule has 0 radical (unpaired) electrons. The molecule has 0 amide bonds. The molecule has 162 valence electrons. The van der Waals surface area contributed by atoms with Crippen LogP contribution in [0.25, 0.3) is 0 Å². The number of benzene rings is 3. The lowest BCUT2D eigenvalue weighted by Gasteiger charge is -2.34. The molecule has 0 fully saturated rings. The third kappa shape index (κ3) is 4.12. The van der Waals surface area contributed by atoms with Crippen LogP contribution in [-0.2, 0) is 23.8 Å². The summed E-state index contributed by atoms with van der Waals surface area (Å²) in [6.45, 7) is 8.59. The number of anilines is 2. The number of aryl methyl sites for hydroxylation is 2. The first kappa shape index (κ1) is 21.6. The Morgan fingerprint density at radius 1 is 0.968 bits per heavy atom. The Morgan fingerprint density at radius 3 is 2.55 bits per heavy atom. The first-order valence-electron chi connectivity index (χ1n) is 10.9. The Bertz CT molecular complexity index is 1130. The van der Waals surface area contributed by atoms with Crippen LogP contribution in [0.4, 0.5) is 11.4 Å². The van der Waals surface area contributed by atoms with Crippen LogP contribution in [0.1, 0.15) is 35.6 Å². The van der Waals surface area contributed by atoms with Crippen molar-refractivity contribution in [3.05, 3.63) is 76.9 Å². The number of para-hydroxylation sites is 2. The van der Waals surface area contributed by atoms with Crippen molar-refractivity contribution in [1.29, 1.82) is 0 Å². The van der Waals surface area contributed by atoms with Crippen LogP contribution in [0.15, 0.2) is 64.4 Å². The number of hydrogen-bond donors (Lipinski definition) is 2. The molecule has 31 heavy (non-hydrogen) atoms. The van der Waals surface area contributed by atoms with Gasteiger partial charge < -0.3 is 15.3 Å². The van der Waals surface area contributed by atoms with Gasteiger partial charge in [0.1, 0.15) is 5.75 Å². The van der Waals surface area contributed by atoms with Crippen molar-refractivity contribution in [1.82, 2.24) is 5.32 Å². The highest BCUT2D eigenvalue weighted by molar-refractivity contribution is 7.85. The molecule has 0 saturated carbocycles. The van der Waals surface area contributed by atoms with Gasteiger partial charge in [0.25, 0.3) is 0 Å². The van der Waals surface area contributed by atoms with Gasteiger partial charge in [0.15, 0.2) is 0 Å². The van der Waals surface area contributed by atoms with Crippen molar-refractivity contribution in [3.63, 3.8) is 0 Å². The molecule has 2 N–H and O–H groups in total. The normalized spacial score (nSPS) is 14.9. The molecule has 5 heteroatoms. The van der Waals surface area contributed by atoms with Crippen molar-refractivity contribution in [2.75, 3.05) is 18.0 Å². The maximum Gasteiger partial charge on any atom is 0.123 e. The maximum atomic E-state index is 13.2. The summed E-state index contributed by atoms with van der Waals surface area (Å²) < 4.78 is 13.2. The van der Waals surface area contributed by atoms with E-state index in [9.17, 15) is 9.32 Å². The largest absolute Gasteiger partial charge is 0.507 e. The maximum absolute atomic E-state index is 13.2. The number of rotatable bonds is 7. The van der Waals surface area contributed by atoms with Gasteiger partial charge in [-0.05, 0) is 68.1 Å². The third-order valence-corrected chi connectivity index (χ3v) is 7.60. The summed E-state index contributed by atoms with van der Waals surface area (Å²) in [6.07, 6.45) is 1.76. The van der Waals surface area contributed by atoms with Gasteiger partial charge in [0.05, 0.1) is 32.0 Å². The lowest BCUT2D eigenvalue weighted by Crippen LogP contribution is -2.28. The zero-order chi connectivity index (χ0) is 22.0. The molecule has 0 aliphatic carbocycles. The van der Waals surface area contributed by atoms with Crippen LogP contribution in [0.5, 0.6) is 5.75 Å². The van der Waals surface area contributed by atoms with E-state index in [0.29, 0.717) is 12.3 Å². The second kappa shape index (κ2) is 9.25. The van der Waals surface area contributed by atoms with Gasteiger partial charge in [-0.3, -0.25) is 0 Å². The Kier molecular flexibility index (Phi) is 6.44. The molecule has 0 spiro atoms. The van der Waals surface area contributed by atoms with E-state index in [1.807, 2.05) is 42.5 Å². The van der Waals surface area contributed by atoms with Crippen molar-refractivity contribution in [3.8, 4) is 5.75 Å². The summed E-state index contributed by atoms with van der Waals surface area (Å²) in [7, 11) is -1.15. The lowest BCUT2D eigenvalue weighted by molar-refractivity contribution is 0.458. The number of phenolic OH excluding ortho intramolecular Hbond substituents is 1. The van der Waals surface area contributed by atoms with Crippen molar-refractivity contribution in [2.24, 2.45) is 0 Å². The predicted octanol–water partition coefficient (Wildman–Crippen LogP) is 5.37. The second-order valence-corrected chi connectivity index (χ2v) is 9.47. The third-order valence-electron chi connectivity index (χ3n) is 6.13. The van der Waals surface area contributed by atoms with E-state index in [2.05, 4.69) is 43.1 Å². The molecule has 1 aliphatic heterocycles. The Hall–Kier alpha value is -2.63. The molecule has 4 rings (SSSR count). The molecule has 1 aliphatic rings. The minimum atomic E-state index is -1.15. The fourth-order valence-electron chi connectivity index (χ4n) is 4.23. The first-order valence-corrected chi connectivity index (χ1v) is 12.1. The van der Waals surface area contributed by atoms with Crippen LogP contribution in [0.2, 0.25) is 0 Å². The van der Waals surface area contributed by atoms with Crippen LogP contribution in [0, 0.1) is 13.8 Å². The highest BCUT2D eigenvalue weighted by Crippen LogP contribution is 2.44. The Labute approximate surface area is 187 Å². The van der Waals surface area contributed by atoms with Gasteiger partial charge in [0.2, 0.25) is 0 Å². The summed E-state index contributed by atoms with van der Waals surface area (Å²) in [5, 5.41) is 13.8. The quantitative estimate of drug-likeness (QED) is 0.491. The SMILES string of the molecule is CCc1cccc(CNCCCN2c3ccccc3S(=O)c3ccc(C)c(C)c32)c1O. The Balaban J connectivity index is 1.49. The van der Waals surface area contributed by atoms with E-state index in [1.54, 1.807) is 0 Å². The number of nitrogens with zero attached hydrogens (tertiary/aromatic N) is 1. The lowest BCUT2D eigenvalue weighted by atomic mass is 10.1. The molecule has 4 nitrogen and oxygen atoms in total. The van der Waals surface area contributed by atoms with Gasteiger partial charge >= 0.3 is 0 Å². The zero-order valence-electron chi connectivity index (χ0n) is 18.4. The summed E-state index contributed by atoms with van der Waals surface area (Å²) in [5.41, 5.74) is 6.45. The minimum absolute atomic E-state index is 0.407. The Morgan fingerprint density at radius 2 is 1.74 bits per heavy atom. The second-order valence-electron chi connectivity index (χ2n) is 8.05. The highest BCUT2D eigenvalue weighted by Gasteiger charge is 2.29. The zero-order valence-corrected chi connectivity index (χ0v) is 19.3. The molecule has 1 atom stereocenters. The van der Waals surface area contributed by atoms with Gasteiger partial charge in [-0.15, -0.1) is 0 Å². The first-order chi connectivity index (χ1) is 15.0. The van der Waals surface area contributed by atoms with Gasteiger partial charge in [-0.1, -0.05) is 43.3 Å². The monoisotopic (exact) mass is 434 g/mol. The standard InChI is InChI=1S/C26H30N2O2S/c1-4-20-9-7-10-21(26(20)29)17-27-15-8-16-28-22-11-5-6-12-23(22)31(30)24-14-13-18(2)19(3)25(24)28/h5-7,9-14,27,29H,4,8,15-17H2,1-3H3. The molecular weight excluding hydrogens is 404 g/mol. The fraction of sp³-hybridized carbons (Fsp3) is 0.308. The molecule has 0 aromatic heterocycles. The van der Waals surface area contributed by atoms with Crippen LogP contribution < -0.4 is 10.2 Å². The summed E-state index contributed by atoms with van der Waals surface area (Å²) >= 11 is 0. The smallest absolute Gasteiger partial charge is 0.123 e. The van der Waals surface area contributed by atoms with E-state index in [4.69, 9.17) is 0 Å². The fourth-order valence-corrected chi connectivity index (χ4v) is 5.66. The minimum Gasteiger partial charge on any atom is -0.507 e. The molecule has 3 aromatic rings. The number of aromatic hydroxyl groups is 1. The summed E-state index contributed by atoms with van der Waals surface area (Å²) in [6, 6.07) is 18.0. The van der Waals surface area contributed by atoms with Crippen molar-refractivity contribution in [2.45, 2.75) is 49.9 Å². The van der Waals surface area contributed by atoms with Crippen LogP contribution in [-0.4, -0.2) is 22.4 Å². The van der Waals surface area contributed by atoms with Gasteiger partial charge in [-0.25, -0.2) is 4.21 Å². The molecule has 0 bridgehead atoms. The van der Waals surface area contributed by atoms with E-state index in [0.717, 1.165) is 58.2 Å². The van der Waals surface area contributed by atoms with Crippen molar-refractivity contribution >= 4 is 22.2 Å². The molecule has 3 aromatic carbocycles. The average Bonchev–Trinajstić information content (AvgIpc) is 2.79. The van der Waals surface area contributed by atoms with Gasteiger partial charge in [-0.2, -0.15) is 0 Å². The molecule has 1 heterocycles. The van der Waals surface area contributed by atoms with E-state index in [-0.39, 0.29) is 0 Å². The summed E-state index contributed by atoms with van der Waals surface area (Å²) in [4.78, 5) is 4.11. The van der Waals surface area contributed by atoms with Crippen LogP contribution >= 0.6 is 0 Å². The van der Waals surface area contributed by atoms with Gasteiger partial charge in [0, 0.05) is 18.7 Å². The number of fused-ring (bicyclic) bond motifs is 2. The molecular formula is C26H30N2O2S. The van der Waals surface area contributed by atoms with Crippen molar-refractivity contribution < 1.29 is 9.32 Å². The van der Waals surface area contributed by atoms with Crippen LogP contribution in [0.3, 0.4) is 0 Å². The predicted molar refractivity (Wildman–Crippen MR) is 128 cm³/mol. The summed E-state index contributed by atoms with van der Waals surface area (Å²) in [5.74, 6) is 0.407. The number of hydrogen-bond acceptors (Lipinski definition) is 4. The molecule has 1 unspecified atom stereocenters. The molecule has 0 saturated heterocycles. The number of nitrogens with one attached hydrogen (secondary N) is 1. The van der Waals surface area contributed by atoms with E-state index < -0.39 is 10.8 Å².